The fourth-order valence-corrected chi connectivity index (χ4v) is 1.42. The summed E-state index contributed by atoms with van der Waals surface area (Å²) in [6.07, 6.45) is 0. The molecule has 15 heavy (non-hydrogen) atoms. The summed E-state index contributed by atoms with van der Waals surface area (Å²) < 4.78 is 5.06. The Bertz CT molecular complexity index is 361. The summed E-state index contributed by atoms with van der Waals surface area (Å²) in [6, 6.07) is 7.42. The highest BCUT2D eigenvalue weighted by Gasteiger charge is 2.19. The summed E-state index contributed by atoms with van der Waals surface area (Å²) in [7, 11) is 1.59. The monoisotopic (exact) mass is 206 g/mol. The molecule has 1 heterocycles. The van der Waals surface area contributed by atoms with Crippen LogP contribution < -0.4 is 15.4 Å². The van der Waals surface area contributed by atoms with Crippen molar-refractivity contribution in [3.05, 3.63) is 29.8 Å². The molecule has 1 saturated heterocycles. The zero-order chi connectivity index (χ0) is 10.7. The summed E-state index contributed by atoms with van der Waals surface area (Å²) in [5.41, 5.74) is 0.640. The van der Waals surface area contributed by atoms with E-state index in [9.17, 15) is 4.79 Å². The van der Waals surface area contributed by atoms with E-state index in [1.165, 1.54) is 0 Å². The first kappa shape index (κ1) is 9.98. The number of methoxy groups -OCH3 is 1. The molecule has 0 atom stereocenters. The van der Waals surface area contributed by atoms with Crippen LogP contribution in [0.2, 0.25) is 0 Å². The quantitative estimate of drug-likeness (QED) is 0.752. The van der Waals surface area contributed by atoms with Gasteiger partial charge in [-0.25, -0.2) is 0 Å². The molecule has 2 rings (SSSR count). The van der Waals surface area contributed by atoms with Crippen molar-refractivity contribution in [2.24, 2.45) is 0 Å². The van der Waals surface area contributed by atoms with E-state index in [0.29, 0.717) is 11.3 Å². The summed E-state index contributed by atoms with van der Waals surface area (Å²) in [5.74, 6) is 0.662. The Labute approximate surface area is 88.6 Å². The molecule has 0 aromatic heterocycles. The van der Waals surface area contributed by atoms with Crippen LogP contribution in [0.1, 0.15) is 10.4 Å². The van der Waals surface area contributed by atoms with E-state index in [4.69, 9.17) is 4.74 Å². The van der Waals surface area contributed by atoms with E-state index in [0.717, 1.165) is 13.1 Å². The van der Waals surface area contributed by atoms with E-state index in [1.54, 1.807) is 19.2 Å². The van der Waals surface area contributed by atoms with E-state index in [-0.39, 0.29) is 11.9 Å². The lowest BCUT2D eigenvalue weighted by atomic mass is 10.1. The van der Waals surface area contributed by atoms with Crippen molar-refractivity contribution in [3.63, 3.8) is 0 Å². The molecular weight excluding hydrogens is 192 g/mol. The van der Waals surface area contributed by atoms with Gasteiger partial charge in [-0.3, -0.25) is 4.79 Å². The molecule has 1 aromatic carbocycles. The lowest BCUT2D eigenvalue weighted by Crippen LogP contribution is -2.56. The van der Waals surface area contributed by atoms with E-state index in [2.05, 4.69) is 10.6 Å². The third kappa shape index (κ3) is 2.27. The molecule has 1 aliphatic rings. The van der Waals surface area contributed by atoms with Gasteiger partial charge < -0.3 is 15.4 Å². The average molecular weight is 206 g/mol. The highest BCUT2D eigenvalue weighted by Crippen LogP contribution is 2.12. The zero-order valence-electron chi connectivity index (χ0n) is 8.62. The lowest BCUT2D eigenvalue weighted by molar-refractivity contribution is 0.0923. The molecule has 0 saturated carbocycles. The van der Waals surface area contributed by atoms with Crippen molar-refractivity contribution in [2.45, 2.75) is 6.04 Å². The first-order chi connectivity index (χ1) is 7.29. The fraction of sp³-hybridized carbons (Fsp3) is 0.364. The number of rotatable bonds is 3. The number of hydrogen-bond donors (Lipinski definition) is 2. The van der Waals surface area contributed by atoms with Crippen molar-refractivity contribution >= 4 is 5.91 Å². The zero-order valence-corrected chi connectivity index (χ0v) is 8.62. The van der Waals surface area contributed by atoms with Crippen LogP contribution in [-0.4, -0.2) is 32.1 Å². The lowest BCUT2D eigenvalue weighted by Gasteiger charge is -2.27. The molecule has 0 spiro atoms. The second kappa shape index (κ2) is 4.31. The first-order valence-electron chi connectivity index (χ1n) is 4.95. The second-order valence-corrected chi connectivity index (χ2v) is 3.56. The Balaban J connectivity index is 2.03. The SMILES string of the molecule is COc1cccc(C(=O)NC2CNC2)c1. The van der Waals surface area contributed by atoms with Gasteiger partial charge >= 0.3 is 0 Å². The average Bonchev–Trinajstić information content (AvgIpc) is 2.23. The molecule has 0 bridgehead atoms. The topological polar surface area (TPSA) is 50.4 Å². The van der Waals surface area contributed by atoms with Crippen LogP contribution >= 0.6 is 0 Å². The standard InChI is InChI=1S/C11H14N2O2/c1-15-10-4-2-3-8(5-10)11(14)13-9-6-12-7-9/h2-5,9,12H,6-7H2,1H3,(H,13,14). The van der Waals surface area contributed by atoms with E-state index < -0.39 is 0 Å². The Hall–Kier alpha value is -1.55. The van der Waals surface area contributed by atoms with Crippen LogP contribution in [0.3, 0.4) is 0 Å². The molecule has 4 nitrogen and oxygen atoms in total. The van der Waals surface area contributed by atoms with E-state index >= 15 is 0 Å². The Morgan fingerprint density at radius 3 is 2.93 bits per heavy atom. The van der Waals surface area contributed by atoms with Gasteiger partial charge in [-0.15, -0.1) is 0 Å². The van der Waals surface area contributed by atoms with Gasteiger partial charge in [0.2, 0.25) is 0 Å². The van der Waals surface area contributed by atoms with Crippen molar-refractivity contribution in [2.75, 3.05) is 20.2 Å². The summed E-state index contributed by atoms with van der Waals surface area (Å²) in [6.45, 7) is 1.71. The number of benzene rings is 1. The van der Waals surface area contributed by atoms with Crippen molar-refractivity contribution < 1.29 is 9.53 Å². The molecule has 1 fully saturated rings. The van der Waals surface area contributed by atoms with Crippen LogP contribution in [0.15, 0.2) is 24.3 Å². The predicted octanol–water partition coefficient (Wildman–Crippen LogP) is 0.397. The molecule has 1 aliphatic heterocycles. The number of hydrogen-bond acceptors (Lipinski definition) is 3. The van der Waals surface area contributed by atoms with Crippen molar-refractivity contribution in [1.82, 2.24) is 10.6 Å². The minimum atomic E-state index is -0.0413. The van der Waals surface area contributed by atoms with Crippen LogP contribution in [0, 0.1) is 0 Å². The largest absolute Gasteiger partial charge is 0.497 e. The van der Waals surface area contributed by atoms with E-state index in [1.807, 2.05) is 12.1 Å². The molecule has 0 unspecified atom stereocenters. The third-order valence-corrected chi connectivity index (χ3v) is 2.45. The maximum absolute atomic E-state index is 11.7. The number of carbonyl (C=O) groups is 1. The second-order valence-electron chi connectivity index (χ2n) is 3.56. The number of ether oxygens (including phenoxy) is 1. The molecular formula is C11H14N2O2. The highest BCUT2D eigenvalue weighted by molar-refractivity contribution is 5.94. The molecule has 1 amide bonds. The summed E-state index contributed by atoms with van der Waals surface area (Å²) in [4.78, 5) is 11.7. The molecule has 0 aliphatic carbocycles. The molecule has 80 valence electrons. The van der Waals surface area contributed by atoms with Crippen LogP contribution in [0.5, 0.6) is 5.75 Å². The first-order valence-corrected chi connectivity index (χ1v) is 4.95. The molecule has 2 N–H and O–H groups in total. The predicted molar refractivity (Wildman–Crippen MR) is 57.1 cm³/mol. The van der Waals surface area contributed by atoms with Gasteiger partial charge in [0.1, 0.15) is 5.75 Å². The number of amides is 1. The van der Waals surface area contributed by atoms with Crippen molar-refractivity contribution in [3.8, 4) is 5.75 Å². The minimum Gasteiger partial charge on any atom is -0.497 e. The van der Waals surface area contributed by atoms with Gasteiger partial charge in [0.05, 0.1) is 13.2 Å². The fourth-order valence-electron chi connectivity index (χ4n) is 1.42. The van der Waals surface area contributed by atoms with Gasteiger partial charge in [-0.05, 0) is 18.2 Å². The van der Waals surface area contributed by atoms with Gasteiger partial charge in [-0.1, -0.05) is 6.07 Å². The van der Waals surface area contributed by atoms with Gasteiger partial charge in [0.15, 0.2) is 0 Å². The van der Waals surface area contributed by atoms with Crippen molar-refractivity contribution in [1.29, 1.82) is 0 Å². The number of nitrogens with one attached hydrogen (secondary N) is 2. The normalized spacial score (nSPS) is 15.5. The Kier molecular flexibility index (Phi) is 2.87. The maximum Gasteiger partial charge on any atom is 0.251 e. The van der Waals surface area contributed by atoms with Crippen LogP contribution in [0.25, 0.3) is 0 Å². The summed E-state index contributed by atoms with van der Waals surface area (Å²) >= 11 is 0. The Morgan fingerprint density at radius 1 is 1.53 bits per heavy atom. The minimum absolute atomic E-state index is 0.0413. The smallest absolute Gasteiger partial charge is 0.251 e. The molecule has 4 heteroatoms. The van der Waals surface area contributed by atoms with Gasteiger partial charge in [0.25, 0.3) is 5.91 Å². The van der Waals surface area contributed by atoms with Gasteiger partial charge in [0, 0.05) is 18.7 Å². The molecule has 1 aromatic rings. The highest BCUT2D eigenvalue weighted by atomic mass is 16.5. The summed E-state index contributed by atoms with van der Waals surface area (Å²) in [5, 5.41) is 6.03. The Morgan fingerprint density at radius 2 is 2.33 bits per heavy atom. The third-order valence-electron chi connectivity index (χ3n) is 2.45. The molecule has 0 radical (unpaired) electrons. The number of carbonyl (C=O) groups excluding carboxylic acids is 1. The van der Waals surface area contributed by atoms with Crippen LogP contribution in [-0.2, 0) is 0 Å². The van der Waals surface area contributed by atoms with Gasteiger partial charge in [-0.2, -0.15) is 0 Å². The maximum atomic E-state index is 11.7. The van der Waals surface area contributed by atoms with Crippen LogP contribution in [0.4, 0.5) is 0 Å².